The molecule has 0 fully saturated rings. The lowest BCUT2D eigenvalue weighted by atomic mass is 10.5. The summed E-state index contributed by atoms with van der Waals surface area (Å²) in [6, 6.07) is 1.51. The first kappa shape index (κ1) is 14.7. The molecule has 1 aromatic rings. The fourth-order valence-electron chi connectivity index (χ4n) is 1.52. The summed E-state index contributed by atoms with van der Waals surface area (Å²) in [5, 5.41) is 0. The predicted octanol–water partition coefficient (Wildman–Crippen LogP) is 0.599. The molecule has 1 aromatic heterocycles. The zero-order valence-electron chi connectivity index (χ0n) is 10.8. The lowest BCUT2D eigenvalue weighted by molar-refractivity contribution is -0.140. The second-order valence-corrected chi connectivity index (χ2v) is 5.87. The van der Waals surface area contributed by atoms with Crippen LogP contribution in [0.4, 0.5) is 0 Å². The topological polar surface area (TPSA) is 68.6 Å². The summed E-state index contributed by atoms with van der Waals surface area (Å²) < 4.78 is 31.9. The van der Waals surface area contributed by atoms with Gasteiger partial charge in [0.05, 0.1) is 12.0 Å². The van der Waals surface area contributed by atoms with Crippen molar-refractivity contribution >= 4 is 16.0 Å². The summed E-state index contributed by atoms with van der Waals surface area (Å²) >= 11 is 0. The van der Waals surface area contributed by atoms with E-state index in [9.17, 15) is 13.2 Å². The Bertz CT molecular complexity index is 507. The Kier molecular flexibility index (Phi) is 4.92. The van der Waals surface area contributed by atoms with Gasteiger partial charge in [-0.15, -0.1) is 0 Å². The van der Waals surface area contributed by atoms with Gasteiger partial charge in [-0.05, 0) is 12.5 Å². The fourth-order valence-corrected chi connectivity index (χ4v) is 3.05. The van der Waals surface area contributed by atoms with Crippen LogP contribution in [-0.2, 0) is 26.6 Å². The molecule has 6 nitrogen and oxygen atoms in total. The Morgan fingerprint density at radius 3 is 2.61 bits per heavy atom. The minimum atomic E-state index is -3.64. The minimum Gasteiger partial charge on any atom is -0.468 e. The van der Waals surface area contributed by atoms with Gasteiger partial charge in [-0.25, -0.2) is 8.42 Å². The highest BCUT2D eigenvalue weighted by molar-refractivity contribution is 7.89. The second kappa shape index (κ2) is 6.01. The van der Waals surface area contributed by atoms with E-state index in [0.717, 1.165) is 4.31 Å². The van der Waals surface area contributed by atoms with Crippen LogP contribution in [0, 0.1) is 0 Å². The molecule has 0 aliphatic heterocycles. The third-order valence-electron chi connectivity index (χ3n) is 2.45. The SMILES string of the molecule is CCCN(CC(=O)OC)S(=O)(=O)c1ccn(C)c1. The van der Waals surface area contributed by atoms with Gasteiger partial charge in [-0.1, -0.05) is 6.92 Å². The molecular formula is C11H18N2O4S. The maximum Gasteiger partial charge on any atom is 0.321 e. The number of carbonyl (C=O) groups is 1. The van der Waals surface area contributed by atoms with Crippen LogP contribution in [0.25, 0.3) is 0 Å². The Hall–Kier alpha value is -1.34. The molecule has 0 unspecified atom stereocenters. The van der Waals surface area contributed by atoms with Crippen molar-refractivity contribution in [2.45, 2.75) is 18.2 Å². The van der Waals surface area contributed by atoms with Crippen LogP contribution in [0.15, 0.2) is 23.4 Å². The van der Waals surface area contributed by atoms with Gasteiger partial charge in [0.15, 0.2) is 0 Å². The molecule has 0 aromatic carbocycles. The summed E-state index contributed by atoms with van der Waals surface area (Å²) in [5.41, 5.74) is 0. The molecule has 1 heterocycles. The maximum atomic E-state index is 12.3. The van der Waals surface area contributed by atoms with Crippen LogP contribution in [0.1, 0.15) is 13.3 Å². The first-order chi connectivity index (χ1) is 8.41. The van der Waals surface area contributed by atoms with Gasteiger partial charge in [-0.2, -0.15) is 4.31 Å². The number of sulfonamides is 1. The number of hydrogen-bond acceptors (Lipinski definition) is 4. The van der Waals surface area contributed by atoms with Gasteiger partial charge < -0.3 is 9.30 Å². The normalized spacial score (nSPS) is 11.8. The van der Waals surface area contributed by atoms with Crippen molar-refractivity contribution in [2.24, 2.45) is 7.05 Å². The highest BCUT2D eigenvalue weighted by Gasteiger charge is 2.26. The molecule has 0 aliphatic carbocycles. The van der Waals surface area contributed by atoms with E-state index in [4.69, 9.17) is 0 Å². The number of hydrogen-bond donors (Lipinski definition) is 0. The Morgan fingerprint density at radius 1 is 1.50 bits per heavy atom. The van der Waals surface area contributed by atoms with E-state index in [1.165, 1.54) is 19.4 Å². The molecule has 0 amide bonds. The van der Waals surface area contributed by atoms with E-state index in [2.05, 4.69) is 4.74 Å². The van der Waals surface area contributed by atoms with Gasteiger partial charge in [0.1, 0.15) is 6.54 Å². The summed E-state index contributed by atoms with van der Waals surface area (Å²) in [6.45, 7) is 1.87. The third-order valence-corrected chi connectivity index (χ3v) is 4.28. The average Bonchev–Trinajstić information content (AvgIpc) is 2.75. The van der Waals surface area contributed by atoms with E-state index < -0.39 is 16.0 Å². The molecule has 0 N–H and O–H groups in total. The van der Waals surface area contributed by atoms with E-state index in [0.29, 0.717) is 6.42 Å². The smallest absolute Gasteiger partial charge is 0.321 e. The molecule has 0 saturated heterocycles. The van der Waals surface area contributed by atoms with Crippen molar-refractivity contribution in [1.29, 1.82) is 0 Å². The number of ether oxygens (including phenoxy) is 1. The molecule has 0 spiro atoms. The number of carbonyl (C=O) groups excluding carboxylic acids is 1. The monoisotopic (exact) mass is 274 g/mol. The summed E-state index contributed by atoms with van der Waals surface area (Å²) in [7, 11) is -0.659. The van der Waals surface area contributed by atoms with E-state index >= 15 is 0 Å². The van der Waals surface area contributed by atoms with Crippen molar-refractivity contribution in [3.63, 3.8) is 0 Å². The van der Waals surface area contributed by atoms with E-state index in [-0.39, 0.29) is 18.0 Å². The van der Waals surface area contributed by atoms with Crippen molar-refractivity contribution in [2.75, 3.05) is 20.2 Å². The summed E-state index contributed by atoms with van der Waals surface area (Å²) in [4.78, 5) is 11.4. The van der Waals surface area contributed by atoms with Crippen LogP contribution < -0.4 is 0 Å². The average molecular weight is 274 g/mol. The first-order valence-electron chi connectivity index (χ1n) is 5.60. The van der Waals surface area contributed by atoms with Crippen LogP contribution in [-0.4, -0.2) is 43.5 Å². The molecule has 0 radical (unpaired) electrons. The second-order valence-electron chi connectivity index (χ2n) is 3.93. The molecule has 0 atom stereocenters. The zero-order chi connectivity index (χ0) is 13.8. The maximum absolute atomic E-state index is 12.3. The van der Waals surface area contributed by atoms with Gasteiger partial charge in [-0.3, -0.25) is 4.79 Å². The fraction of sp³-hybridized carbons (Fsp3) is 0.545. The zero-order valence-corrected chi connectivity index (χ0v) is 11.6. The molecule has 18 heavy (non-hydrogen) atoms. The molecule has 0 bridgehead atoms. The lowest BCUT2D eigenvalue weighted by Crippen LogP contribution is -2.36. The molecule has 1 rings (SSSR count). The highest BCUT2D eigenvalue weighted by atomic mass is 32.2. The van der Waals surface area contributed by atoms with Crippen LogP contribution in [0.5, 0.6) is 0 Å². The number of methoxy groups -OCH3 is 1. The Labute approximate surface area is 107 Å². The highest BCUT2D eigenvalue weighted by Crippen LogP contribution is 2.16. The van der Waals surface area contributed by atoms with Crippen molar-refractivity contribution in [1.82, 2.24) is 8.87 Å². The van der Waals surface area contributed by atoms with Gasteiger partial charge in [0.25, 0.3) is 0 Å². The van der Waals surface area contributed by atoms with Gasteiger partial charge >= 0.3 is 5.97 Å². The minimum absolute atomic E-state index is 0.183. The largest absolute Gasteiger partial charge is 0.468 e. The first-order valence-corrected chi connectivity index (χ1v) is 7.04. The number of esters is 1. The molecular weight excluding hydrogens is 256 g/mol. The van der Waals surface area contributed by atoms with Crippen molar-refractivity contribution < 1.29 is 17.9 Å². The van der Waals surface area contributed by atoms with Gasteiger partial charge in [0, 0.05) is 26.0 Å². The van der Waals surface area contributed by atoms with Crippen LogP contribution >= 0.6 is 0 Å². The molecule has 102 valence electrons. The molecule has 0 saturated carbocycles. The quantitative estimate of drug-likeness (QED) is 0.712. The number of aromatic nitrogens is 1. The number of aryl methyl sites for hydroxylation is 1. The molecule has 7 heteroatoms. The lowest BCUT2D eigenvalue weighted by Gasteiger charge is -2.19. The number of rotatable bonds is 6. The Balaban J connectivity index is 3.00. The van der Waals surface area contributed by atoms with Crippen LogP contribution in [0.2, 0.25) is 0 Å². The molecule has 0 aliphatic rings. The number of nitrogens with zero attached hydrogens (tertiary/aromatic N) is 2. The van der Waals surface area contributed by atoms with E-state index in [1.54, 1.807) is 17.8 Å². The predicted molar refractivity (Wildman–Crippen MR) is 66.5 cm³/mol. The summed E-state index contributed by atoms with van der Waals surface area (Å²) in [6.07, 6.45) is 3.79. The summed E-state index contributed by atoms with van der Waals surface area (Å²) in [5.74, 6) is -0.567. The third kappa shape index (κ3) is 3.33. The van der Waals surface area contributed by atoms with Crippen molar-refractivity contribution in [3.8, 4) is 0 Å². The van der Waals surface area contributed by atoms with Crippen molar-refractivity contribution in [3.05, 3.63) is 18.5 Å². The standard InChI is InChI=1S/C11H18N2O4S/c1-4-6-13(9-11(14)17-3)18(15,16)10-5-7-12(2)8-10/h5,7-8H,4,6,9H2,1-3H3. The van der Waals surface area contributed by atoms with Crippen LogP contribution in [0.3, 0.4) is 0 Å². The van der Waals surface area contributed by atoms with Gasteiger partial charge in [0.2, 0.25) is 10.0 Å². The van der Waals surface area contributed by atoms with E-state index in [1.807, 2.05) is 6.92 Å². The Morgan fingerprint density at radius 2 is 2.17 bits per heavy atom.